The lowest BCUT2D eigenvalue weighted by atomic mass is 9.86. The molecule has 0 atom stereocenters. The van der Waals surface area contributed by atoms with Crippen molar-refractivity contribution in [1.82, 2.24) is 4.90 Å². The first-order valence-corrected chi connectivity index (χ1v) is 4.74. The van der Waals surface area contributed by atoms with Crippen LogP contribution in [0.3, 0.4) is 0 Å². The highest BCUT2D eigenvalue weighted by Gasteiger charge is 2.52. The first-order valence-electron chi connectivity index (χ1n) is 4.74. The van der Waals surface area contributed by atoms with Crippen LogP contribution in [-0.4, -0.2) is 24.5 Å². The zero-order valence-corrected chi connectivity index (χ0v) is 7.98. The monoisotopic (exact) mass is 153 g/mol. The van der Waals surface area contributed by atoms with Gasteiger partial charge >= 0.3 is 0 Å². The van der Waals surface area contributed by atoms with E-state index in [0.717, 1.165) is 0 Å². The number of hydrogen-bond acceptors (Lipinski definition) is 1. The van der Waals surface area contributed by atoms with E-state index in [1.807, 2.05) is 0 Å². The molecular weight excluding hydrogens is 134 g/mol. The highest BCUT2D eigenvalue weighted by Crippen LogP contribution is 2.57. The van der Waals surface area contributed by atoms with Gasteiger partial charge in [-0.05, 0) is 51.6 Å². The van der Waals surface area contributed by atoms with Gasteiger partial charge in [-0.15, -0.1) is 0 Å². The Hall–Kier alpha value is -0.0400. The molecule has 1 heteroatoms. The van der Waals surface area contributed by atoms with Crippen molar-refractivity contribution in [3.05, 3.63) is 0 Å². The fourth-order valence-corrected chi connectivity index (χ4v) is 3.07. The molecule has 0 aliphatic heterocycles. The van der Waals surface area contributed by atoms with Gasteiger partial charge in [0.25, 0.3) is 0 Å². The minimum absolute atomic E-state index is 0.606. The molecule has 0 spiro atoms. The van der Waals surface area contributed by atoms with Gasteiger partial charge in [0.15, 0.2) is 0 Å². The smallest absolute Gasteiger partial charge is 0.0209 e. The lowest BCUT2D eigenvalue weighted by molar-refractivity contribution is 0.161. The van der Waals surface area contributed by atoms with E-state index in [-0.39, 0.29) is 0 Å². The Bertz CT molecular complexity index is 164. The first-order chi connectivity index (χ1) is 5.06. The van der Waals surface area contributed by atoms with E-state index < -0.39 is 0 Å². The Balaban J connectivity index is 2.20. The molecule has 2 bridgehead atoms. The van der Waals surface area contributed by atoms with Gasteiger partial charge in [0, 0.05) is 5.54 Å². The van der Waals surface area contributed by atoms with Gasteiger partial charge in [-0.3, -0.25) is 0 Å². The van der Waals surface area contributed by atoms with Crippen molar-refractivity contribution in [2.75, 3.05) is 14.1 Å². The zero-order valence-electron chi connectivity index (χ0n) is 7.98. The van der Waals surface area contributed by atoms with E-state index in [2.05, 4.69) is 25.9 Å². The maximum atomic E-state index is 2.46. The van der Waals surface area contributed by atoms with Crippen LogP contribution in [-0.2, 0) is 0 Å². The summed E-state index contributed by atoms with van der Waals surface area (Å²) in [6.07, 6.45) is 7.26. The lowest BCUT2D eigenvalue weighted by Crippen LogP contribution is -2.39. The van der Waals surface area contributed by atoms with Gasteiger partial charge in [0.1, 0.15) is 0 Å². The standard InChI is InChI=1S/C10H19N/c1-9-4-6-10(8-9,7-5-9)11(2)3/h4-8H2,1-3H3. The molecule has 2 rings (SSSR count). The van der Waals surface area contributed by atoms with E-state index in [4.69, 9.17) is 0 Å². The summed E-state index contributed by atoms with van der Waals surface area (Å²) in [5.41, 5.74) is 1.32. The van der Waals surface area contributed by atoms with E-state index in [9.17, 15) is 0 Å². The van der Waals surface area contributed by atoms with Gasteiger partial charge in [0.2, 0.25) is 0 Å². The van der Waals surface area contributed by atoms with Crippen molar-refractivity contribution < 1.29 is 0 Å². The van der Waals surface area contributed by atoms with Crippen LogP contribution >= 0.6 is 0 Å². The Labute approximate surface area is 69.8 Å². The summed E-state index contributed by atoms with van der Waals surface area (Å²) >= 11 is 0. The summed E-state index contributed by atoms with van der Waals surface area (Å²) in [6.45, 7) is 2.46. The van der Waals surface area contributed by atoms with Crippen LogP contribution in [0.1, 0.15) is 39.0 Å². The Morgan fingerprint density at radius 1 is 1.00 bits per heavy atom. The molecule has 0 radical (unpaired) electrons. The largest absolute Gasteiger partial charge is 0.304 e. The Morgan fingerprint density at radius 3 is 1.73 bits per heavy atom. The lowest BCUT2D eigenvalue weighted by Gasteiger charge is -2.34. The van der Waals surface area contributed by atoms with Crippen LogP contribution in [0.25, 0.3) is 0 Å². The molecule has 0 unspecified atom stereocenters. The van der Waals surface area contributed by atoms with Crippen molar-refractivity contribution >= 4 is 0 Å². The summed E-state index contributed by atoms with van der Waals surface area (Å²) in [5.74, 6) is 0. The summed E-state index contributed by atoms with van der Waals surface area (Å²) in [5, 5.41) is 0. The molecule has 64 valence electrons. The molecule has 0 aromatic heterocycles. The number of fused-ring (bicyclic) bond motifs is 2. The van der Waals surface area contributed by atoms with E-state index in [0.29, 0.717) is 11.0 Å². The van der Waals surface area contributed by atoms with Crippen molar-refractivity contribution in [3.63, 3.8) is 0 Å². The van der Waals surface area contributed by atoms with Crippen LogP contribution < -0.4 is 0 Å². The summed E-state index contributed by atoms with van der Waals surface area (Å²) < 4.78 is 0. The molecule has 2 aliphatic carbocycles. The third kappa shape index (κ3) is 0.936. The molecule has 0 aromatic rings. The molecule has 11 heavy (non-hydrogen) atoms. The Morgan fingerprint density at radius 2 is 1.55 bits per heavy atom. The summed E-state index contributed by atoms with van der Waals surface area (Å²) in [4.78, 5) is 2.46. The second-order valence-corrected chi connectivity index (χ2v) is 5.11. The molecule has 0 aromatic carbocycles. The van der Waals surface area contributed by atoms with Crippen molar-refractivity contribution in [1.29, 1.82) is 0 Å². The van der Waals surface area contributed by atoms with Crippen molar-refractivity contribution in [3.8, 4) is 0 Å². The maximum absolute atomic E-state index is 2.46. The zero-order chi connectivity index (χ0) is 8.11. The topological polar surface area (TPSA) is 3.24 Å². The van der Waals surface area contributed by atoms with Gasteiger partial charge < -0.3 is 4.90 Å². The van der Waals surface area contributed by atoms with Crippen molar-refractivity contribution in [2.24, 2.45) is 5.41 Å². The highest BCUT2D eigenvalue weighted by atomic mass is 15.2. The fourth-order valence-electron chi connectivity index (χ4n) is 3.07. The van der Waals surface area contributed by atoms with E-state index in [1.54, 1.807) is 0 Å². The van der Waals surface area contributed by atoms with Gasteiger partial charge in [-0.2, -0.15) is 0 Å². The minimum Gasteiger partial charge on any atom is -0.304 e. The highest BCUT2D eigenvalue weighted by molar-refractivity contribution is 5.07. The van der Waals surface area contributed by atoms with Gasteiger partial charge in [-0.25, -0.2) is 0 Å². The SMILES string of the molecule is CN(C)C12CCC(C)(CC1)C2. The molecule has 2 saturated carbocycles. The fraction of sp³-hybridized carbons (Fsp3) is 1.00. The normalized spacial score (nSPS) is 49.1. The van der Waals surface area contributed by atoms with Gasteiger partial charge in [0.05, 0.1) is 0 Å². The average Bonchev–Trinajstić information content (AvgIpc) is 2.42. The quantitative estimate of drug-likeness (QED) is 0.558. The number of hydrogen-bond donors (Lipinski definition) is 0. The molecule has 0 heterocycles. The summed E-state index contributed by atoms with van der Waals surface area (Å²) in [6, 6.07) is 0. The van der Waals surface area contributed by atoms with E-state index in [1.165, 1.54) is 32.1 Å². The molecule has 1 nitrogen and oxygen atoms in total. The number of nitrogens with zero attached hydrogens (tertiary/aromatic N) is 1. The predicted octanol–water partition coefficient (Wildman–Crippen LogP) is 2.27. The summed E-state index contributed by atoms with van der Waals surface area (Å²) in [7, 11) is 4.49. The van der Waals surface area contributed by atoms with E-state index >= 15 is 0 Å². The Kier molecular flexibility index (Phi) is 1.39. The third-order valence-electron chi connectivity index (χ3n) is 4.09. The van der Waals surface area contributed by atoms with Crippen LogP contribution in [0.2, 0.25) is 0 Å². The van der Waals surface area contributed by atoms with Crippen LogP contribution in [0.15, 0.2) is 0 Å². The molecule has 2 fully saturated rings. The van der Waals surface area contributed by atoms with Crippen LogP contribution in [0.5, 0.6) is 0 Å². The second kappa shape index (κ2) is 2.01. The third-order valence-corrected chi connectivity index (χ3v) is 4.09. The maximum Gasteiger partial charge on any atom is 0.0209 e. The average molecular weight is 153 g/mol. The molecule has 0 amide bonds. The van der Waals surface area contributed by atoms with Gasteiger partial charge in [-0.1, -0.05) is 6.92 Å². The molecular formula is C10H19N. The van der Waals surface area contributed by atoms with Crippen molar-refractivity contribution in [2.45, 2.75) is 44.6 Å². The molecule has 2 aliphatic rings. The molecule has 0 saturated heterocycles. The number of rotatable bonds is 1. The van der Waals surface area contributed by atoms with Crippen LogP contribution in [0.4, 0.5) is 0 Å². The second-order valence-electron chi connectivity index (χ2n) is 5.11. The molecule has 0 N–H and O–H groups in total. The van der Waals surface area contributed by atoms with Crippen LogP contribution in [0, 0.1) is 5.41 Å². The first kappa shape index (κ1) is 7.60. The minimum atomic E-state index is 0.606. The predicted molar refractivity (Wildman–Crippen MR) is 47.6 cm³/mol.